The van der Waals surface area contributed by atoms with Crippen LogP contribution in [0.1, 0.15) is 13.8 Å². The van der Waals surface area contributed by atoms with Gasteiger partial charge in [-0.05, 0) is 26.0 Å². The molecule has 0 saturated heterocycles. The van der Waals surface area contributed by atoms with E-state index in [4.69, 9.17) is 0 Å². The van der Waals surface area contributed by atoms with E-state index >= 15 is 0 Å². The predicted octanol–water partition coefficient (Wildman–Crippen LogP) is 3.35. The van der Waals surface area contributed by atoms with E-state index in [2.05, 4.69) is 44.5 Å². The Balaban J connectivity index is 3.88. The van der Waals surface area contributed by atoms with Gasteiger partial charge >= 0.3 is 0 Å². The summed E-state index contributed by atoms with van der Waals surface area (Å²) in [4.78, 5) is 0. The summed E-state index contributed by atoms with van der Waals surface area (Å²) in [5.41, 5.74) is 2.29. The maximum Gasteiger partial charge on any atom is 0.0336 e. The molecule has 0 radical (unpaired) electrons. The average Bonchev–Trinajstić information content (AvgIpc) is 2.15. The summed E-state index contributed by atoms with van der Waals surface area (Å²) in [6.45, 7) is 12.3. The van der Waals surface area contributed by atoms with Crippen LogP contribution in [0.4, 0.5) is 0 Å². The zero-order chi connectivity index (χ0) is 10.8. The first kappa shape index (κ1) is 12.5. The van der Waals surface area contributed by atoms with Crippen molar-refractivity contribution in [1.29, 1.82) is 0 Å². The van der Waals surface area contributed by atoms with Crippen LogP contribution < -0.4 is 5.32 Å². The minimum absolute atomic E-state index is 0.801. The summed E-state index contributed by atoms with van der Waals surface area (Å²) >= 11 is 0. The van der Waals surface area contributed by atoms with Gasteiger partial charge in [0.15, 0.2) is 0 Å². The Morgan fingerprint density at radius 1 is 1.21 bits per heavy atom. The molecular weight excluding hydrogens is 170 g/mol. The van der Waals surface area contributed by atoms with Gasteiger partial charge in [0.05, 0.1) is 0 Å². The van der Waals surface area contributed by atoms with E-state index in [1.165, 1.54) is 5.57 Å². The topological polar surface area (TPSA) is 12.0 Å². The van der Waals surface area contributed by atoms with E-state index < -0.39 is 0 Å². The standard InChI is InChI=1S/C13H19N/c1-5-9-13(6-2)14-11-8-7-10-12(3)4/h5-10,14H,1-2,11H2,3-4H3/b8-7-,13-9+. The van der Waals surface area contributed by atoms with E-state index in [9.17, 15) is 0 Å². The largest absolute Gasteiger partial charge is 0.382 e. The lowest BCUT2D eigenvalue weighted by atomic mass is 10.3. The zero-order valence-corrected chi connectivity index (χ0v) is 9.09. The number of rotatable bonds is 6. The second-order valence-electron chi connectivity index (χ2n) is 3.11. The van der Waals surface area contributed by atoms with Crippen LogP contribution in [0.5, 0.6) is 0 Å². The second-order valence-corrected chi connectivity index (χ2v) is 3.11. The van der Waals surface area contributed by atoms with Crippen LogP contribution in [0.3, 0.4) is 0 Å². The minimum atomic E-state index is 0.801. The molecule has 0 aromatic rings. The summed E-state index contributed by atoms with van der Waals surface area (Å²) in [6.07, 6.45) is 11.6. The quantitative estimate of drug-likeness (QED) is 0.632. The van der Waals surface area contributed by atoms with Crippen LogP contribution in [0.25, 0.3) is 0 Å². The van der Waals surface area contributed by atoms with Gasteiger partial charge in [0.25, 0.3) is 0 Å². The fourth-order valence-corrected chi connectivity index (χ4v) is 0.831. The molecule has 0 amide bonds. The van der Waals surface area contributed by atoms with Crippen molar-refractivity contribution in [2.75, 3.05) is 6.54 Å². The number of hydrogen-bond acceptors (Lipinski definition) is 1. The van der Waals surface area contributed by atoms with Crippen LogP contribution >= 0.6 is 0 Å². The highest BCUT2D eigenvalue weighted by atomic mass is 14.9. The molecule has 0 atom stereocenters. The van der Waals surface area contributed by atoms with Crippen molar-refractivity contribution in [3.63, 3.8) is 0 Å². The monoisotopic (exact) mass is 189 g/mol. The number of allylic oxidation sites excluding steroid dienone is 6. The van der Waals surface area contributed by atoms with Gasteiger partial charge in [-0.25, -0.2) is 0 Å². The fourth-order valence-electron chi connectivity index (χ4n) is 0.831. The molecule has 1 heteroatoms. The van der Waals surface area contributed by atoms with Crippen LogP contribution in [-0.2, 0) is 0 Å². The Morgan fingerprint density at radius 2 is 1.93 bits per heavy atom. The summed E-state index contributed by atoms with van der Waals surface area (Å²) in [7, 11) is 0. The third kappa shape index (κ3) is 7.17. The molecule has 0 fully saturated rings. The van der Waals surface area contributed by atoms with Crippen molar-refractivity contribution in [3.8, 4) is 0 Å². The molecule has 0 aliphatic rings. The van der Waals surface area contributed by atoms with Gasteiger partial charge in [0.2, 0.25) is 0 Å². The normalized spacial score (nSPS) is 11.1. The Morgan fingerprint density at radius 3 is 2.43 bits per heavy atom. The van der Waals surface area contributed by atoms with E-state index in [0.717, 1.165) is 12.2 Å². The first-order valence-corrected chi connectivity index (χ1v) is 4.69. The highest BCUT2D eigenvalue weighted by Crippen LogP contribution is 1.91. The van der Waals surface area contributed by atoms with Gasteiger partial charge < -0.3 is 5.32 Å². The van der Waals surface area contributed by atoms with Crippen molar-refractivity contribution in [2.45, 2.75) is 13.8 Å². The van der Waals surface area contributed by atoms with Gasteiger partial charge in [-0.1, -0.05) is 43.0 Å². The SMILES string of the molecule is C=C/C=C(\C=C)NC/C=C\C=C(C)C. The third-order valence-corrected chi connectivity index (χ3v) is 1.51. The lowest BCUT2D eigenvalue weighted by Gasteiger charge is -2.01. The lowest BCUT2D eigenvalue weighted by molar-refractivity contribution is 0.936. The molecule has 0 saturated carbocycles. The molecule has 0 aliphatic carbocycles. The molecule has 0 spiro atoms. The molecule has 76 valence electrons. The van der Waals surface area contributed by atoms with Crippen LogP contribution in [-0.4, -0.2) is 6.54 Å². The fraction of sp³-hybridized carbons (Fsp3) is 0.231. The van der Waals surface area contributed by atoms with Gasteiger partial charge in [0.1, 0.15) is 0 Å². The van der Waals surface area contributed by atoms with E-state index in [1.807, 2.05) is 12.2 Å². The molecule has 0 heterocycles. The molecule has 0 rings (SSSR count). The third-order valence-electron chi connectivity index (χ3n) is 1.51. The maximum absolute atomic E-state index is 3.69. The molecule has 1 nitrogen and oxygen atoms in total. The van der Waals surface area contributed by atoms with Crippen molar-refractivity contribution in [2.24, 2.45) is 0 Å². The smallest absolute Gasteiger partial charge is 0.0336 e. The molecular formula is C13H19N. The van der Waals surface area contributed by atoms with Gasteiger partial charge in [-0.2, -0.15) is 0 Å². The first-order valence-electron chi connectivity index (χ1n) is 4.69. The number of hydrogen-bond donors (Lipinski definition) is 1. The summed E-state index contributed by atoms with van der Waals surface area (Å²) in [5, 5.41) is 3.20. The minimum Gasteiger partial charge on any atom is -0.382 e. The molecule has 0 aromatic heterocycles. The lowest BCUT2D eigenvalue weighted by Crippen LogP contribution is -2.10. The van der Waals surface area contributed by atoms with Crippen LogP contribution in [0.2, 0.25) is 0 Å². The van der Waals surface area contributed by atoms with Crippen molar-refractivity contribution in [3.05, 3.63) is 60.9 Å². The van der Waals surface area contributed by atoms with E-state index in [1.54, 1.807) is 12.2 Å². The highest BCUT2D eigenvalue weighted by Gasteiger charge is 1.83. The van der Waals surface area contributed by atoms with Crippen molar-refractivity contribution >= 4 is 0 Å². The summed E-state index contributed by atoms with van der Waals surface area (Å²) in [6, 6.07) is 0. The average molecular weight is 189 g/mol. The van der Waals surface area contributed by atoms with E-state index in [0.29, 0.717) is 0 Å². The van der Waals surface area contributed by atoms with Crippen LogP contribution in [0.15, 0.2) is 60.9 Å². The Labute approximate surface area is 87.2 Å². The van der Waals surface area contributed by atoms with Gasteiger partial charge in [0, 0.05) is 12.2 Å². The Hall–Kier alpha value is -1.50. The first-order chi connectivity index (χ1) is 6.70. The molecule has 0 unspecified atom stereocenters. The summed E-state index contributed by atoms with van der Waals surface area (Å²) in [5.74, 6) is 0. The van der Waals surface area contributed by atoms with E-state index in [-0.39, 0.29) is 0 Å². The molecule has 0 aromatic carbocycles. The Kier molecular flexibility index (Phi) is 7.24. The van der Waals surface area contributed by atoms with Gasteiger partial charge in [-0.15, -0.1) is 0 Å². The zero-order valence-electron chi connectivity index (χ0n) is 9.09. The summed E-state index contributed by atoms with van der Waals surface area (Å²) < 4.78 is 0. The van der Waals surface area contributed by atoms with Gasteiger partial charge in [-0.3, -0.25) is 0 Å². The molecule has 0 bridgehead atoms. The van der Waals surface area contributed by atoms with Crippen LogP contribution in [0, 0.1) is 0 Å². The number of nitrogens with one attached hydrogen (secondary N) is 1. The molecule has 1 N–H and O–H groups in total. The van der Waals surface area contributed by atoms with Crippen molar-refractivity contribution < 1.29 is 0 Å². The molecule has 0 aliphatic heterocycles. The second kappa shape index (κ2) is 8.11. The Bertz CT molecular complexity index is 263. The predicted molar refractivity (Wildman–Crippen MR) is 65.1 cm³/mol. The maximum atomic E-state index is 3.69. The molecule has 14 heavy (non-hydrogen) atoms. The highest BCUT2D eigenvalue weighted by molar-refractivity contribution is 5.20. The van der Waals surface area contributed by atoms with Crippen molar-refractivity contribution in [1.82, 2.24) is 5.32 Å².